The van der Waals surface area contributed by atoms with Crippen molar-refractivity contribution in [2.45, 2.75) is 12.5 Å². The Bertz CT molecular complexity index is 704. The molecule has 2 heterocycles. The number of nitrogens with zero attached hydrogens (tertiary/aromatic N) is 1. The third kappa shape index (κ3) is 3.33. The molecule has 0 bridgehead atoms. The van der Waals surface area contributed by atoms with Crippen LogP contribution in [-0.4, -0.2) is 34.3 Å². The number of carbonyl (C=O) groups is 2. The molecule has 0 saturated carbocycles. The van der Waals surface area contributed by atoms with Crippen molar-refractivity contribution in [1.82, 2.24) is 10.3 Å². The first-order valence-electron chi connectivity index (χ1n) is 6.36. The van der Waals surface area contributed by atoms with E-state index < -0.39 is 6.04 Å². The van der Waals surface area contributed by atoms with Gasteiger partial charge in [-0.25, -0.2) is 9.37 Å². The molecular formula is C13H12FN3O2S2. The van der Waals surface area contributed by atoms with Gasteiger partial charge in [-0.1, -0.05) is 11.3 Å². The topological polar surface area (TPSA) is 71.1 Å². The predicted molar refractivity (Wildman–Crippen MR) is 82.1 cm³/mol. The zero-order chi connectivity index (χ0) is 14.8. The van der Waals surface area contributed by atoms with Crippen molar-refractivity contribution in [3.63, 3.8) is 0 Å². The Hall–Kier alpha value is -1.67. The first kappa shape index (κ1) is 14.3. The van der Waals surface area contributed by atoms with E-state index in [9.17, 15) is 14.0 Å². The number of carbonyl (C=O) groups excluding carboxylic acids is 2. The quantitative estimate of drug-likeness (QED) is 0.886. The van der Waals surface area contributed by atoms with Gasteiger partial charge in [0.25, 0.3) is 0 Å². The number of rotatable bonds is 2. The Morgan fingerprint density at radius 2 is 2.33 bits per heavy atom. The second-order valence-electron chi connectivity index (χ2n) is 4.57. The van der Waals surface area contributed by atoms with Crippen LogP contribution in [0.1, 0.15) is 6.42 Å². The van der Waals surface area contributed by atoms with E-state index in [1.54, 1.807) is 17.8 Å². The minimum atomic E-state index is -0.561. The van der Waals surface area contributed by atoms with Gasteiger partial charge in [0.15, 0.2) is 5.13 Å². The van der Waals surface area contributed by atoms with Gasteiger partial charge in [0, 0.05) is 17.9 Å². The molecule has 3 rings (SSSR count). The van der Waals surface area contributed by atoms with E-state index in [0.717, 1.165) is 5.75 Å². The van der Waals surface area contributed by atoms with Crippen LogP contribution in [0.15, 0.2) is 18.2 Å². The monoisotopic (exact) mass is 325 g/mol. The molecule has 21 heavy (non-hydrogen) atoms. The summed E-state index contributed by atoms with van der Waals surface area (Å²) < 4.78 is 13.8. The maximum absolute atomic E-state index is 13.1. The average Bonchev–Trinajstić information content (AvgIpc) is 2.69. The van der Waals surface area contributed by atoms with E-state index in [1.165, 1.54) is 23.5 Å². The molecule has 110 valence electrons. The highest BCUT2D eigenvalue weighted by atomic mass is 32.2. The van der Waals surface area contributed by atoms with Crippen molar-refractivity contribution in [3.05, 3.63) is 24.0 Å². The molecule has 1 aliphatic rings. The molecule has 0 aliphatic carbocycles. The number of thioether (sulfide) groups is 1. The average molecular weight is 325 g/mol. The molecule has 8 heteroatoms. The zero-order valence-corrected chi connectivity index (χ0v) is 12.5. The van der Waals surface area contributed by atoms with E-state index in [0.29, 0.717) is 27.5 Å². The van der Waals surface area contributed by atoms with Gasteiger partial charge in [-0.15, -0.1) is 0 Å². The molecule has 1 aromatic carbocycles. The summed E-state index contributed by atoms with van der Waals surface area (Å²) in [6.07, 6.45) is 0.425. The number of thiazole rings is 1. The largest absolute Gasteiger partial charge is 0.343 e. The number of hydrogen-bond donors (Lipinski definition) is 2. The Balaban J connectivity index is 1.74. The highest BCUT2D eigenvalue weighted by Gasteiger charge is 2.24. The molecule has 0 radical (unpaired) electrons. The molecule has 1 fully saturated rings. The van der Waals surface area contributed by atoms with Gasteiger partial charge in [0.05, 0.1) is 10.2 Å². The molecule has 1 aliphatic heterocycles. The normalized spacial score (nSPS) is 19.1. The predicted octanol–water partition coefficient (Wildman–Crippen LogP) is 2.00. The third-order valence-electron chi connectivity index (χ3n) is 2.99. The molecular weight excluding hydrogens is 313 g/mol. The van der Waals surface area contributed by atoms with Gasteiger partial charge in [0.1, 0.15) is 11.9 Å². The minimum absolute atomic E-state index is 0.119. The number of amides is 2. The lowest BCUT2D eigenvalue weighted by Gasteiger charge is -2.13. The fourth-order valence-corrected chi connectivity index (χ4v) is 3.82. The van der Waals surface area contributed by atoms with Crippen LogP contribution in [0.25, 0.3) is 10.2 Å². The SMILES string of the molecule is O=C1CCSCC(C(=O)Nc2nc3ccc(F)cc3s2)N1. The number of fused-ring (bicyclic) bond motifs is 1. The maximum atomic E-state index is 13.1. The maximum Gasteiger partial charge on any atom is 0.249 e. The van der Waals surface area contributed by atoms with Crippen molar-refractivity contribution in [3.8, 4) is 0 Å². The van der Waals surface area contributed by atoms with Crippen LogP contribution in [0.2, 0.25) is 0 Å². The van der Waals surface area contributed by atoms with Crippen LogP contribution >= 0.6 is 23.1 Å². The van der Waals surface area contributed by atoms with Crippen LogP contribution in [0.4, 0.5) is 9.52 Å². The van der Waals surface area contributed by atoms with E-state index in [-0.39, 0.29) is 17.6 Å². The summed E-state index contributed by atoms with van der Waals surface area (Å²) in [6.45, 7) is 0. The number of benzene rings is 1. The van der Waals surface area contributed by atoms with E-state index in [1.807, 2.05) is 0 Å². The van der Waals surface area contributed by atoms with Gasteiger partial charge in [-0.2, -0.15) is 11.8 Å². The lowest BCUT2D eigenvalue weighted by atomic mass is 10.3. The standard InChI is InChI=1S/C13H12FN3O2S2/c14-7-1-2-8-10(5-7)21-13(16-8)17-12(19)9-6-20-4-3-11(18)15-9/h1-2,5,9H,3-4,6H2,(H,15,18)(H,16,17,19). The van der Waals surface area contributed by atoms with E-state index >= 15 is 0 Å². The summed E-state index contributed by atoms with van der Waals surface area (Å²) in [6, 6.07) is 3.72. The molecule has 2 amide bonds. The second-order valence-corrected chi connectivity index (χ2v) is 6.75. The summed E-state index contributed by atoms with van der Waals surface area (Å²) in [4.78, 5) is 27.9. The molecule has 1 unspecified atom stereocenters. The molecule has 1 saturated heterocycles. The Morgan fingerprint density at radius 1 is 1.48 bits per heavy atom. The Morgan fingerprint density at radius 3 is 3.19 bits per heavy atom. The Kier molecular flexibility index (Phi) is 4.07. The van der Waals surface area contributed by atoms with Gasteiger partial charge < -0.3 is 10.6 Å². The van der Waals surface area contributed by atoms with Gasteiger partial charge in [-0.05, 0) is 18.2 Å². The molecule has 1 atom stereocenters. The summed E-state index contributed by atoms with van der Waals surface area (Å²) in [5.74, 6) is 0.507. The van der Waals surface area contributed by atoms with Crippen LogP contribution < -0.4 is 10.6 Å². The number of halogens is 1. The van der Waals surface area contributed by atoms with Crippen LogP contribution in [0.3, 0.4) is 0 Å². The van der Waals surface area contributed by atoms with Gasteiger partial charge >= 0.3 is 0 Å². The lowest BCUT2D eigenvalue weighted by molar-refractivity contribution is -0.125. The molecule has 5 nitrogen and oxygen atoms in total. The van der Waals surface area contributed by atoms with Gasteiger partial charge in [-0.3, -0.25) is 9.59 Å². The van der Waals surface area contributed by atoms with Crippen LogP contribution in [0.5, 0.6) is 0 Å². The first-order chi connectivity index (χ1) is 10.1. The zero-order valence-electron chi connectivity index (χ0n) is 10.9. The van der Waals surface area contributed by atoms with Gasteiger partial charge in [0.2, 0.25) is 11.8 Å². The molecule has 0 spiro atoms. The van der Waals surface area contributed by atoms with Crippen molar-refractivity contribution >= 4 is 50.3 Å². The third-order valence-corrected chi connectivity index (χ3v) is 4.99. The highest BCUT2D eigenvalue weighted by molar-refractivity contribution is 7.99. The summed E-state index contributed by atoms with van der Waals surface area (Å²) in [5, 5.41) is 5.78. The van der Waals surface area contributed by atoms with Crippen molar-refractivity contribution < 1.29 is 14.0 Å². The number of nitrogens with one attached hydrogen (secondary N) is 2. The fraction of sp³-hybridized carbons (Fsp3) is 0.308. The molecule has 2 N–H and O–H groups in total. The smallest absolute Gasteiger partial charge is 0.249 e. The minimum Gasteiger partial charge on any atom is -0.343 e. The highest BCUT2D eigenvalue weighted by Crippen LogP contribution is 2.26. The van der Waals surface area contributed by atoms with Crippen molar-refractivity contribution in [2.24, 2.45) is 0 Å². The summed E-state index contributed by atoms with van der Waals surface area (Å²) in [7, 11) is 0. The number of anilines is 1. The Labute approximate surface area is 128 Å². The van der Waals surface area contributed by atoms with Crippen LogP contribution in [-0.2, 0) is 9.59 Å². The molecule has 2 aromatic rings. The number of hydrogen-bond acceptors (Lipinski definition) is 5. The van der Waals surface area contributed by atoms with Crippen molar-refractivity contribution in [2.75, 3.05) is 16.8 Å². The molecule has 1 aromatic heterocycles. The lowest BCUT2D eigenvalue weighted by Crippen LogP contribution is -2.44. The summed E-state index contributed by atoms with van der Waals surface area (Å²) >= 11 is 2.77. The van der Waals surface area contributed by atoms with Crippen molar-refractivity contribution in [1.29, 1.82) is 0 Å². The second kappa shape index (κ2) is 5.98. The van der Waals surface area contributed by atoms with E-state index in [2.05, 4.69) is 15.6 Å². The number of aromatic nitrogens is 1. The first-order valence-corrected chi connectivity index (χ1v) is 8.33. The fourth-order valence-electron chi connectivity index (χ4n) is 1.96. The van der Waals surface area contributed by atoms with E-state index in [4.69, 9.17) is 0 Å². The summed E-state index contributed by atoms with van der Waals surface area (Å²) in [5.41, 5.74) is 0.635. The van der Waals surface area contributed by atoms with Crippen LogP contribution in [0, 0.1) is 5.82 Å².